The minimum atomic E-state index is -2.90. The van der Waals surface area contributed by atoms with Gasteiger partial charge in [0.15, 0.2) is 17.8 Å². The van der Waals surface area contributed by atoms with Crippen LogP contribution in [0.25, 0.3) is 0 Å². The molecule has 0 aliphatic rings. The molecule has 0 spiro atoms. The largest absolute Gasteiger partial charge is 0.490 e. The van der Waals surface area contributed by atoms with Gasteiger partial charge in [-0.25, -0.2) is 4.79 Å². The zero-order chi connectivity index (χ0) is 16.8. The van der Waals surface area contributed by atoms with Crippen molar-refractivity contribution < 1.29 is 39.1 Å². The highest BCUT2D eigenvalue weighted by Gasteiger charge is 2.40. The molecule has 0 saturated heterocycles. The number of carbonyl (C=O) groups is 2. The molecule has 0 radical (unpaired) electrons. The van der Waals surface area contributed by atoms with E-state index in [2.05, 4.69) is 4.74 Å². The Bertz CT molecular complexity index is 526. The molecule has 0 saturated carbocycles. The molecule has 0 aliphatic heterocycles. The average Bonchev–Trinajstić information content (AvgIpc) is 2.52. The van der Waals surface area contributed by atoms with Crippen LogP contribution < -0.4 is 9.47 Å². The van der Waals surface area contributed by atoms with Crippen LogP contribution in [-0.2, 0) is 9.53 Å². The highest BCUT2D eigenvalue weighted by molar-refractivity contribution is 5.81. The Morgan fingerprint density at radius 3 is 2.59 bits per heavy atom. The van der Waals surface area contributed by atoms with E-state index in [0.717, 1.165) is 7.11 Å². The van der Waals surface area contributed by atoms with Crippen LogP contribution in [0.5, 0.6) is 11.5 Å². The number of rotatable bonds is 8. The SMILES string of the molecule is CCOc1cccc(C=O)c1OCC(O)(O)C(O)C(=O)OC. The van der Waals surface area contributed by atoms with Crippen LogP contribution in [0.2, 0.25) is 0 Å². The summed E-state index contributed by atoms with van der Waals surface area (Å²) in [6, 6.07) is 4.53. The standard InChI is InChI=1S/C14H18O8/c1-3-21-10-6-4-5-9(7-15)11(10)22-8-14(18,19)12(16)13(17)20-2/h4-7,12,16,18-19H,3,8H2,1-2H3. The van der Waals surface area contributed by atoms with Crippen molar-refractivity contribution >= 4 is 12.3 Å². The maximum absolute atomic E-state index is 11.1. The number of methoxy groups -OCH3 is 1. The topological polar surface area (TPSA) is 123 Å². The lowest BCUT2D eigenvalue weighted by atomic mass is 10.1. The first-order valence-corrected chi connectivity index (χ1v) is 6.41. The van der Waals surface area contributed by atoms with Gasteiger partial charge in [-0.15, -0.1) is 0 Å². The molecule has 0 amide bonds. The lowest BCUT2D eigenvalue weighted by Crippen LogP contribution is -2.51. The molecule has 1 unspecified atom stereocenters. The second-order valence-electron chi connectivity index (χ2n) is 4.32. The van der Waals surface area contributed by atoms with Crippen molar-refractivity contribution in [2.45, 2.75) is 18.8 Å². The Hall–Kier alpha value is -2.16. The van der Waals surface area contributed by atoms with Gasteiger partial charge in [0.25, 0.3) is 0 Å². The first-order chi connectivity index (χ1) is 10.4. The molecule has 0 bridgehead atoms. The molecule has 0 heterocycles. The number of carbonyl (C=O) groups excluding carboxylic acids is 2. The Balaban J connectivity index is 2.95. The lowest BCUT2D eigenvalue weighted by Gasteiger charge is -2.26. The smallest absolute Gasteiger partial charge is 0.340 e. The molecule has 1 rings (SSSR count). The van der Waals surface area contributed by atoms with E-state index in [9.17, 15) is 24.9 Å². The minimum Gasteiger partial charge on any atom is -0.490 e. The van der Waals surface area contributed by atoms with Crippen molar-refractivity contribution in [1.82, 2.24) is 0 Å². The Labute approximate surface area is 126 Å². The molecule has 8 nitrogen and oxygen atoms in total. The highest BCUT2D eigenvalue weighted by Crippen LogP contribution is 2.31. The van der Waals surface area contributed by atoms with E-state index in [1.807, 2.05) is 0 Å². The summed E-state index contributed by atoms with van der Waals surface area (Å²) in [6.07, 6.45) is -1.72. The van der Waals surface area contributed by atoms with E-state index in [0.29, 0.717) is 12.9 Å². The van der Waals surface area contributed by atoms with Crippen LogP contribution in [0.3, 0.4) is 0 Å². The summed E-state index contributed by atoms with van der Waals surface area (Å²) in [5, 5.41) is 28.8. The lowest BCUT2D eigenvalue weighted by molar-refractivity contribution is -0.242. The van der Waals surface area contributed by atoms with Gasteiger partial charge < -0.3 is 29.5 Å². The third-order valence-electron chi connectivity index (χ3n) is 2.73. The summed E-state index contributed by atoms with van der Waals surface area (Å²) < 4.78 is 14.7. The Morgan fingerprint density at radius 2 is 2.05 bits per heavy atom. The van der Waals surface area contributed by atoms with Gasteiger partial charge in [-0.2, -0.15) is 0 Å². The first-order valence-electron chi connectivity index (χ1n) is 6.41. The van der Waals surface area contributed by atoms with Crippen LogP contribution in [0, 0.1) is 0 Å². The number of aliphatic hydroxyl groups excluding tert-OH is 1. The van der Waals surface area contributed by atoms with Crippen molar-refractivity contribution in [3.63, 3.8) is 0 Å². The van der Waals surface area contributed by atoms with E-state index in [-0.39, 0.29) is 17.1 Å². The predicted octanol–water partition coefficient (Wildman–Crippen LogP) is -0.509. The highest BCUT2D eigenvalue weighted by atomic mass is 16.6. The molecule has 0 aromatic heterocycles. The van der Waals surface area contributed by atoms with Gasteiger partial charge in [0, 0.05) is 0 Å². The average molecular weight is 314 g/mol. The van der Waals surface area contributed by atoms with Gasteiger partial charge in [-0.3, -0.25) is 4.79 Å². The minimum absolute atomic E-state index is 0.0242. The molecule has 8 heteroatoms. The molecule has 22 heavy (non-hydrogen) atoms. The summed E-state index contributed by atoms with van der Waals surface area (Å²) >= 11 is 0. The number of esters is 1. The molecule has 1 atom stereocenters. The quantitative estimate of drug-likeness (QED) is 0.333. The van der Waals surface area contributed by atoms with Gasteiger partial charge in [0.1, 0.15) is 6.61 Å². The maximum Gasteiger partial charge on any atom is 0.340 e. The van der Waals surface area contributed by atoms with Crippen LogP contribution in [0.15, 0.2) is 18.2 Å². The third kappa shape index (κ3) is 4.17. The number of aliphatic hydroxyl groups is 3. The fourth-order valence-corrected chi connectivity index (χ4v) is 1.61. The fourth-order valence-electron chi connectivity index (χ4n) is 1.61. The molecule has 3 N–H and O–H groups in total. The van der Waals surface area contributed by atoms with Crippen molar-refractivity contribution in [1.29, 1.82) is 0 Å². The van der Waals surface area contributed by atoms with Crippen molar-refractivity contribution in [3.05, 3.63) is 23.8 Å². The summed E-state index contributed by atoms with van der Waals surface area (Å²) in [5.74, 6) is -3.94. The van der Waals surface area contributed by atoms with E-state index in [1.165, 1.54) is 12.1 Å². The number of hydrogen-bond acceptors (Lipinski definition) is 8. The van der Waals surface area contributed by atoms with Crippen molar-refractivity contribution in [2.75, 3.05) is 20.3 Å². The number of ether oxygens (including phenoxy) is 3. The molecule has 1 aromatic rings. The normalized spacial score (nSPS) is 12.4. The predicted molar refractivity (Wildman–Crippen MR) is 73.7 cm³/mol. The second-order valence-corrected chi connectivity index (χ2v) is 4.32. The number of aldehydes is 1. The zero-order valence-electron chi connectivity index (χ0n) is 12.2. The van der Waals surface area contributed by atoms with E-state index >= 15 is 0 Å². The molecule has 122 valence electrons. The molecular formula is C14H18O8. The van der Waals surface area contributed by atoms with Crippen LogP contribution in [0.4, 0.5) is 0 Å². The van der Waals surface area contributed by atoms with Gasteiger partial charge >= 0.3 is 5.97 Å². The maximum atomic E-state index is 11.1. The summed E-state index contributed by atoms with van der Waals surface area (Å²) in [7, 11) is 0.984. The summed E-state index contributed by atoms with van der Waals surface area (Å²) in [6.45, 7) is 1.14. The number of hydrogen-bond donors (Lipinski definition) is 3. The van der Waals surface area contributed by atoms with Gasteiger partial charge in [0.2, 0.25) is 11.9 Å². The molecule has 0 aliphatic carbocycles. The number of para-hydroxylation sites is 1. The van der Waals surface area contributed by atoms with Crippen LogP contribution in [0.1, 0.15) is 17.3 Å². The second kappa shape index (κ2) is 7.74. The van der Waals surface area contributed by atoms with Crippen LogP contribution >= 0.6 is 0 Å². The summed E-state index contributed by atoms with van der Waals surface area (Å²) in [4.78, 5) is 22.1. The zero-order valence-corrected chi connectivity index (χ0v) is 12.2. The summed E-state index contributed by atoms with van der Waals surface area (Å²) in [5.41, 5.74) is 0.120. The monoisotopic (exact) mass is 314 g/mol. The third-order valence-corrected chi connectivity index (χ3v) is 2.73. The van der Waals surface area contributed by atoms with Gasteiger partial charge in [0.05, 0.1) is 19.3 Å². The van der Waals surface area contributed by atoms with E-state index in [4.69, 9.17) is 9.47 Å². The molecule has 1 aromatic carbocycles. The van der Waals surface area contributed by atoms with Crippen molar-refractivity contribution in [3.8, 4) is 11.5 Å². The number of benzene rings is 1. The van der Waals surface area contributed by atoms with Crippen LogP contribution in [-0.4, -0.2) is 59.8 Å². The molecular weight excluding hydrogens is 296 g/mol. The fraction of sp³-hybridized carbons (Fsp3) is 0.429. The van der Waals surface area contributed by atoms with E-state index < -0.39 is 24.5 Å². The van der Waals surface area contributed by atoms with E-state index in [1.54, 1.807) is 13.0 Å². The van der Waals surface area contributed by atoms with Gasteiger partial charge in [-0.05, 0) is 19.1 Å². The first kappa shape index (κ1) is 17.9. The van der Waals surface area contributed by atoms with Gasteiger partial charge in [-0.1, -0.05) is 6.07 Å². The van der Waals surface area contributed by atoms with Crippen molar-refractivity contribution in [2.24, 2.45) is 0 Å². The molecule has 0 fully saturated rings. The Morgan fingerprint density at radius 1 is 1.36 bits per heavy atom. The Kier molecular flexibility index (Phi) is 6.29.